The number of hydrogen-bond donors (Lipinski definition) is 0. The quantitative estimate of drug-likeness (QED) is 0.805. The van der Waals surface area contributed by atoms with E-state index in [1.807, 2.05) is 11.0 Å². The number of hydrogen-bond acceptors (Lipinski definition) is 2. The van der Waals surface area contributed by atoms with Crippen LogP contribution >= 0.6 is 0 Å². The van der Waals surface area contributed by atoms with Gasteiger partial charge in [-0.3, -0.25) is 4.79 Å². The summed E-state index contributed by atoms with van der Waals surface area (Å²) in [7, 11) is 4.14. The molecule has 1 aliphatic heterocycles. The van der Waals surface area contributed by atoms with Crippen LogP contribution in [0.15, 0.2) is 24.3 Å². The first-order chi connectivity index (χ1) is 8.66. The normalized spacial score (nSPS) is 15.7. The van der Waals surface area contributed by atoms with Gasteiger partial charge in [0.15, 0.2) is 0 Å². The molecule has 0 fully saturated rings. The number of carbonyl (C=O) groups excluding carboxylic acids is 1. The van der Waals surface area contributed by atoms with E-state index in [9.17, 15) is 4.79 Å². The molecular formula is C15H22N2O. The molecule has 1 aromatic carbocycles. The fraction of sp³-hybridized carbons (Fsp3) is 0.533. The second-order valence-electron chi connectivity index (χ2n) is 5.23. The second-order valence-corrected chi connectivity index (χ2v) is 5.23. The van der Waals surface area contributed by atoms with Gasteiger partial charge in [-0.1, -0.05) is 24.3 Å². The Labute approximate surface area is 109 Å². The van der Waals surface area contributed by atoms with E-state index in [1.165, 1.54) is 11.1 Å². The van der Waals surface area contributed by atoms with Crippen LogP contribution < -0.4 is 0 Å². The zero-order chi connectivity index (χ0) is 13.0. The van der Waals surface area contributed by atoms with Gasteiger partial charge in [0.05, 0.1) is 6.42 Å². The zero-order valence-electron chi connectivity index (χ0n) is 11.4. The maximum atomic E-state index is 12.2. The first-order valence-electron chi connectivity index (χ1n) is 6.66. The molecule has 0 radical (unpaired) electrons. The van der Waals surface area contributed by atoms with Gasteiger partial charge in [0.25, 0.3) is 0 Å². The van der Waals surface area contributed by atoms with Crippen LogP contribution in [-0.2, 0) is 17.6 Å². The standard InChI is InChI=1S/C15H22N2O/c1-16(2)9-5-10-17-11-8-13-6-3-4-7-14(13)12-15(17)18/h3-4,6-7H,5,8-12H2,1-2H3. The van der Waals surface area contributed by atoms with Crippen molar-refractivity contribution in [1.82, 2.24) is 9.80 Å². The predicted octanol–water partition coefficient (Wildman–Crippen LogP) is 1.57. The van der Waals surface area contributed by atoms with E-state index >= 15 is 0 Å². The third kappa shape index (κ3) is 3.33. The van der Waals surface area contributed by atoms with Gasteiger partial charge < -0.3 is 9.80 Å². The average molecular weight is 246 g/mol. The molecule has 3 heteroatoms. The summed E-state index contributed by atoms with van der Waals surface area (Å²) >= 11 is 0. The lowest BCUT2D eigenvalue weighted by Crippen LogP contribution is -2.34. The largest absolute Gasteiger partial charge is 0.342 e. The first kappa shape index (κ1) is 13.1. The number of carbonyl (C=O) groups is 1. The van der Waals surface area contributed by atoms with Crippen LogP contribution in [0.1, 0.15) is 17.5 Å². The van der Waals surface area contributed by atoms with Crippen molar-refractivity contribution in [1.29, 1.82) is 0 Å². The third-order valence-corrected chi connectivity index (χ3v) is 3.50. The summed E-state index contributed by atoms with van der Waals surface area (Å²) in [5, 5.41) is 0. The number of nitrogens with zero attached hydrogens (tertiary/aromatic N) is 2. The van der Waals surface area contributed by atoms with Crippen LogP contribution in [0.2, 0.25) is 0 Å². The van der Waals surface area contributed by atoms with Gasteiger partial charge in [-0.15, -0.1) is 0 Å². The van der Waals surface area contributed by atoms with E-state index in [2.05, 4.69) is 37.2 Å². The van der Waals surface area contributed by atoms with E-state index in [-0.39, 0.29) is 5.91 Å². The molecule has 2 rings (SSSR count). The molecule has 0 unspecified atom stereocenters. The molecule has 0 saturated carbocycles. The SMILES string of the molecule is CN(C)CCCN1CCc2ccccc2CC1=O. The van der Waals surface area contributed by atoms with Gasteiger partial charge in [0, 0.05) is 13.1 Å². The molecule has 0 saturated heterocycles. The monoisotopic (exact) mass is 246 g/mol. The summed E-state index contributed by atoms with van der Waals surface area (Å²) < 4.78 is 0. The van der Waals surface area contributed by atoms with Crippen molar-refractivity contribution in [3.63, 3.8) is 0 Å². The van der Waals surface area contributed by atoms with Gasteiger partial charge in [0.2, 0.25) is 5.91 Å². The van der Waals surface area contributed by atoms with Crippen LogP contribution in [0.25, 0.3) is 0 Å². The molecule has 18 heavy (non-hydrogen) atoms. The van der Waals surface area contributed by atoms with Crippen molar-refractivity contribution in [2.24, 2.45) is 0 Å². The van der Waals surface area contributed by atoms with Gasteiger partial charge in [-0.05, 0) is 44.6 Å². The molecule has 3 nitrogen and oxygen atoms in total. The van der Waals surface area contributed by atoms with Crippen LogP contribution in [-0.4, -0.2) is 49.4 Å². The highest BCUT2D eigenvalue weighted by molar-refractivity contribution is 5.79. The molecular weight excluding hydrogens is 224 g/mol. The summed E-state index contributed by atoms with van der Waals surface area (Å²) in [5.74, 6) is 0.277. The summed E-state index contributed by atoms with van der Waals surface area (Å²) in [6.45, 7) is 2.78. The van der Waals surface area contributed by atoms with E-state index in [1.54, 1.807) is 0 Å². The Morgan fingerprint density at radius 2 is 1.94 bits per heavy atom. The van der Waals surface area contributed by atoms with E-state index in [0.29, 0.717) is 6.42 Å². The van der Waals surface area contributed by atoms with Gasteiger partial charge in [-0.2, -0.15) is 0 Å². The molecule has 0 spiro atoms. The zero-order valence-corrected chi connectivity index (χ0v) is 11.4. The lowest BCUT2D eigenvalue weighted by atomic mass is 10.0. The Bertz CT molecular complexity index is 415. The third-order valence-electron chi connectivity index (χ3n) is 3.50. The highest BCUT2D eigenvalue weighted by atomic mass is 16.2. The Morgan fingerprint density at radius 1 is 1.22 bits per heavy atom. The smallest absolute Gasteiger partial charge is 0.227 e. The van der Waals surface area contributed by atoms with Gasteiger partial charge >= 0.3 is 0 Å². The lowest BCUT2D eigenvalue weighted by Gasteiger charge is -2.21. The van der Waals surface area contributed by atoms with E-state index in [4.69, 9.17) is 0 Å². The van der Waals surface area contributed by atoms with Crippen LogP contribution in [0.5, 0.6) is 0 Å². The Hall–Kier alpha value is -1.35. The fourth-order valence-electron chi connectivity index (χ4n) is 2.44. The minimum absolute atomic E-state index is 0.277. The number of rotatable bonds is 4. The molecule has 1 heterocycles. The van der Waals surface area contributed by atoms with E-state index < -0.39 is 0 Å². The molecule has 0 bridgehead atoms. The topological polar surface area (TPSA) is 23.6 Å². The molecule has 1 amide bonds. The average Bonchev–Trinajstić information content (AvgIpc) is 2.49. The minimum atomic E-state index is 0.277. The minimum Gasteiger partial charge on any atom is -0.342 e. The van der Waals surface area contributed by atoms with Crippen LogP contribution in [0.3, 0.4) is 0 Å². The van der Waals surface area contributed by atoms with Crippen LogP contribution in [0.4, 0.5) is 0 Å². The van der Waals surface area contributed by atoms with Gasteiger partial charge in [0.1, 0.15) is 0 Å². The molecule has 1 aromatic rings. The number of fused-ring (bicyclic) bond motifs is 1. The molecule has 1 aliphatic rings. The Kier molecular flexibility index (Phi) is 4.37. The molecule has 0 N–H and O–H groups in total. The predicted molar refractivity (Wildman–Crippen MR) is 73.6 cm³/mol. The van der Waals surface area contributed by atoms with Crippen molar-refractivity contribution in [2.45, 2.75) is 19.3 Å². The molecule has 0 aromatic heterocycles. The second kappa shape index (κ2) is 6.01. The Balaban J connectivity index is 1.95. The number of amides is 1. The van der Waals surface area contributed by atoms with Crippen molar-refractivity contribution in [3.05, 3.63) is 35.4 Å². The summed E-state index contributed by atoms with van der Waals surface area (Å²) in [4.78, 5) is 16.3. The molecule has 0 aliphatic carbocycles. The van der Waals surface area contributed by atoms with Crippen molar-refractivity contribution < 1.29 is 4.79 Å². The summed E-state index contributed by atoms with van der Waals surface area (Å²) in [6, 6.07) is 8.31. The van der Waals surface area contributed by atoms with Crippen molar-refractivity contribution in [3.8, 4) is 0 Å². The molecule has 98 valence electrons. The summed E-state index contributed by atoms with van der Waals surface area (Å²) in [6.07, 6.45) is 2.61. The van der Waals surface area contributed by atoms with Gasteiger partial charge in [-0.25, -0.2) is 0 Å². The maximum absolute atomic E-state index is 12.2. The fourth-order valence-corrected chi connectivity index (χ4v) is 2.44. The first-order valence-corrected chi connectivity index (χ1v) is 6.66. The summed E-state index contributed by atoms with van der Waals surface area (Å²) in [5.41, 5.74) is 2.54. The Morgan fingerprint density at radius 3 is 2.67 bits per heavy atom. The highest BCUT2D eigenvalue weighted by Crippen LogP contribution is 2.16. The maximum Gasteiger partial charge on any atom is 0.227 e. The van der Waals surface area contributed by atoms with Crippen LogP contribution in [0, 0.1) is 0 Å². The van der Waals surface area contributed by atoms with E-state index in [0.717, 1.165) is 32.5 Å². The number of benzene rings is 1. The van der Waals surface area contributed by atoms with Crippen molar-refractivity contribution >= 4 is 5.91 Å². The van der Waals surface area contributed by atoms with Crippen molar-refractivity contribution in [2.75, 3.05) is 33.7 Å². The lowest BCUT2D eigenvalue weighted by molar-refractivity contribution is -0.130. The molecule has 0 atom stereocenters. The highest BCUT2D eigenvalue weighted by Gasteiger charge is 2.19.